The highest BCUT2D eigenvalue weighted by Gasteiger charge is 2.41. The van der Waals surface area contributed by atoms with Crippen molar-refractivity contribution in [2.24, 2.45) is 5.92 Å². The highest BCUT2D eigenvalue weighted by Crippen LogP contribution is 2.38. The molecule has 1 aromatic carbocycles. The molecule has 0 bridgehead atoms. The van der Waals surface area contributed by atoms with Gasteiger partial charge in [0.05, 0.1) is 18.1 Å². The predicted molar refractivity (Wildman–Crippen MR) is 74.4 cm³/mol. The summed E-state index contributed by atoms with van der Waals surface area (Å²) in [7, 11) is 0. The van der Waals surface area contributed by atoms with E-state index in [2.05, 4.69) is 5.32 Å². The fourth-order valence-corrected chi connectivity index (χ4v) is 2.58. The number of benzene rings is 1. The van der Waals surface area contributed by atoms with Crippen molar-refractivity contribution in [3.63, 3.8) is 0 Å². The van der Waals surface area contributed by atoms with Crippen molar-refractivity contribution in [1.82, 2.24) is 5.32 Å². The molecule has 1 N–H and O–H groups in total. The second kappa shape index (κ2) is 7.13. The number of esters is 1. The van der Waals surface area contributed by atoms with Gasteiger partial charge >= 0.3 is 12.1 Å². The van der Waals surface area contributed by atoms with Gasteiger partial charge in [0, 0.05) is 19.0 Å². The summed E-state index contributed by atoms with van der Waals surface area (Å²) in [5.74, 6) is -1.52. The summed E-state index contributed by atoms with van der Waals surface area (Å²) >= 11 is 0. The van der Waals surface area contributed by atoms with Crippen molar-refractivity contribution in [3.05, 3.63) is 35.4 Å². The molecule has 1 aliphatic heterocycles. The van der Waals surface area contributed by atoms with Crippen LogP contribution in [-0.4, -0.2) is 25.7 Å². The van der Waals surface area contributed by atoms with Crippen molar-refractivity contribution in [1.29, 1.82) is 0 Å². The zero-order valence-electron chi connectivity index (χ0n) is 11.4. The van der Waals surface area contributed by atoms with Crippen LogP contribution in [0.5, 0.6) is 0 Å². The third kappa shape index (κ3) is 3.89. The van der Waals surface area contributed by atoms with E-state index in [4.69, 9.17) is 4.74 Å². The molecule has 0 spiro atoms. The van der Waals surface area contributed by atoms with Crippen LogP contribution in [0.1, 0.15) is 24.0 Å². The van der Waals surface area contributed by atoms with Gasteiger partial charge in [-0.15, -0.1) is 12.4 Å². The van der Waals surface area contributed by atoms with Crippen molar-refractivity contribution in [3.8, 4) is 0 Å². The molecule has 1 aromatic rings. The number of carbonyl (C=O) groups is 1. The molecular formula is C14H17ClF3NO2. The summed E-state index contributed by atoms with van der Waals surface area (Å²) in [4.78, 5) is 11.8. The number of hydrogen-bond donors (Lipinski definition) is 1. The van der Waals surface area contributed by atoms with Crippen LogP contribution in [0.15, 0.2) is 24.3 Å². The molecular weight excluding hydrogens is 307 g/mol. The SMILES string of the molecule is CCOC(=O)C1CNCC1c1ccccc1C(F)(F)F.Cl. The Hall–Kier alpha value is -1.27. The first-order valence-corrected chi connectivity index (χ1v) is 6.48. The van der Waals surface area contributed by atoms with Gasteiger partial charge in [-0.2, -0.15) is 13.2 Å². The fraction of sp³-hybridized carbons (Fsp3) is 0.500. The van der Waals surface area contributed by atoms with Gasteiger partial charge in [-0.25, -0.2) is 0 Å². The standard InChI is InChI=1S/C14H16F3NO2.ClH/c1-2-20-13(19)11-8-18-7-10(11)9-5-3-4-6-12(9)14(15,16)17;/h3-6,10-11,18H,2,7-8H2,1H3;1H. The van der Waals surface area contributed by atoms with Crippen LogP contribution < -0.4 is 5.32 Å². The molecule has 1 aliphatic rings. The Morgan fingerprint density at radius 1 is 1.33 bits per heavy atom. The Kier molecular flexibility index (Phi) is 6.04. The van der Waals surface area contributed by atoms with E-state index in [9.17, 15) is 18.0 Å². The third-order valence-corrected chi connectivity index (χ3v) is 3.47. The second-order valence-corrected chi connectivity index (χ2v) is 4.71. The van der Waals surface area contributed by atoms with Gasteiger partial charge in [0.2, 0.25) is 0 Å². The molecule has 2 unspecified atom stereocenters. The van der Waals surface area contributed by atoms with Crippen molar-refractivity contribution < 1.29 is 22.7 Å². The summed E-state index contributed by atoms with van der Waals surface area (Å²) in [5.41, 5.74) is -0.522. The number of carbonyl (C=O) groups excluding carboxylic acids is 1. The molecule has 2 rings (SSSR count). The largest absolute Gasteiger partial charge is 0.466 e. The van der Waals surface area contributed by atoms with E-state index < -0.39 is 29.5 Å². The number of rotatable bonds is 3. The van der Waals surface area contributed by atoms with Crippen LogP contribution in [0.2, 0.25) is 0 Å². The zero-order valence-corrected chi connectivity index (χ0v) is 12.3. The maximum atomic E-state index is 13.0. The lowest BCUT2D eigenvalue weighted by molar-refractivity contribution is -0.148. The number of alkyl halides is 3. The summed E-state index contributed by atoms with van der Waals surface area (Å²) in [6, 6.07) is 5.40. The molecule has 0 aromatic heterocycles. The minimum atomic E-state index is -4.42. The van der Waals surface area contributed by atoms with Crippen molar-refractivity contribution >= 4 is 18.4 Å². The smallest absolute Gasteiger partial charge is 0.416 e. The van der Waals surface area contributed by atoms with Crippen LogP contribution in [-0.2, 0) is 15.7 Å². The van der Waals surface area contributed by atoms with Crippen molar-refractivity contribution in [2.75, 3.05) is 19.7 Å². The molecule has 1 heterocycles. The molecule has 21 heavy (non-hydrogen) atoms. The molecule has 3 nitrogen and oxygen atoms in total. The lowest BCUT2D eigenvalue weighted by atomic mass is 9.86. The van der Waals surface area contributed by atoms with Gasteiger partial charge in [-0.3, -0.25) is 4.79 Å². The monoisotopic (exact) mass is 323 g/mol. The molecule has 1 fully saturated rings. The van der Waals surface area contributed by atoms with E-state index in [1.807, 2.05) is 0 Å². The molecule has 0 radical (unpaired) electrons. The maximum Gasteiger partial charge on any atom is 0.416 e. The lowest BCUT2D eigenvalue weighted by Crippen LogP contribution is -2.25. The topological polar surface area (TPSA) is 38.3 Å². The van der Waals surface area contributed by atoms with Gasteiger partial charge in [0.15, 0.2) is 0 Å². The van der Waals surface area contributed by atoms with E-state index in [1.165, 1.54) is 12.1 Å². The summed E-state index contributed by atoms with van der Waals surface area (Å²) < 4.78 is 44.1. The first-order chi connectivity index (χ1) is 9.45. The third-order valence-electron chi connectivity index (χ3n) is 3.47. The fourth-order valence-electron chi connectivity index (χ4n) is 2.58. The van der Waals surface area contributed by atoms with Crippen LogP contribution in [0.25, 0.3) is 0 Å². The Morgan fingerprint density at radius 2 is 2.00 bits per heavy atom. The molecule has 0 saturated carbocycles. The normalized spacial score (nSPS) is 21.7. The average Bonchev–Trinajstić information content (AvgIpc) is 2.87. The van der Waals surface area contributed by atoms with Crippen LogP contribution in [0.3, 0.4) is 0 Å². The van der Waals surface area contributed by atoms with Crippen LogP contribution in [0, 0.1) is 5.92 Å². The molecule has 118 valence electrons. The highest BCUT2D eigenvalue weighted by molar-refractivity contribution is 5.85. The van der Waals surface area contributed by atoms with Crippen LogP contribution in [0.4, 0.5) is 13.2 Å². The average molecular weight is 324 g/mol. The van der Waals surface area contributed by atoms with E-state index in [-0.39, 0.29) is 24.6 Å². The Balaban J connectivity index is 0.00000220. The first kappa shape index (κ1) is 17.8. The minimum absolute atomic E-state index is 0. The van der Waals surface area contributed by atoms with Crippen LogP contribution >= 0.6 is 12.4 Å². The van der Waals surface area contributed by atoms with Gasteiger partial charge < -0.3 is 10.1 Å². The Bertz CT molecular complexity index is 493. The maximum absolute atomic E-state index is 13.0. The Morgan fingerprint density at radius 3 is 2.62 bits per heavy atom. The highest BCUT2D eigenvalue weighted by atomic mass is 35.5. The second-order valence-electron chi connectivity index (χ2n) is 4.71. The number of hydrogen-bond acceptors (Lipinski definition) is 3. The van der Waals surface area contributed by atoms with Gasteiger partial charge in [-0.05, 0) is 18.6 Å². The molecule has 1 saturated heterocycles. The molecule has 0 aliphatic carbocycles. The van der Waals surface area contributed by atoms with Gasteiger partial charge in [0.1, 0.15) is 0 Å². The number of nitrogens with one attached hydrogen (secondary N) is 1. The van der Waals surface area contributed by atoms with Gasteiger partial charge in [0.25, 0.3) is 0 Å². The summed E-state index contributed by atoms with van der Waals surface area (Å²) in [5, 5.41) is 2.97. The Labute approximate surface area is 127 Å². The summed E-state index contributed by atoms with van der Waals surface area (Å²) in [6.45, 7) is 2.59. The van der Waals surface area contributed by atoms with E-state index in [0.29, 0.717) is 13.1 Å². The number of halogens is 4. The lowest BCUT2D eigenvalue weighted by Gasteiger charge is -2.21. The van der Waals surface area contributed by atoms with Crippen molar-refractivity contribution in [2.45, 2.75) is 19.0 Å². The van der Waals surface area contributed by atoms with Gasteiger partial charge in [-0.1, -0.05) is 18.2 Å². The van der Waals surface area contributed by atoms with E-state index >= 15 is 0 Å². The van der Waals surface area contributed by atoms with E-state index in [1.54, 1.807) is 13.0 Å². The number of ether oxygens (including phenoxy) is 1. The minimum Gasteiger partial charge on any atom is -0.466 e. The predicted octanol–water partition coefficient (Wildman–Crippen LogP) is 2.99. The molecule has 2 atom stereocenters. The molecule has 7 heteroatoms. The zero-order chi connectivity index (χ0) is 14.8. The first-order valence-electron chi connectivity index (χ1n) is 6.48. The van der Waals surface area contributed by atoms with E-state index in [0.717, 1.165) is 6.07 Å². The molecule has 0 amide bonds. The quantitative estimate of drug-likeness (QED) is 0.869. The summed E-state index contributed by atoms with van der Waals surface area (Å²) in [6.07, 6.45) is -4.42.